The van der Waals surface area contributed by atoms with Gasteiger partial charge >= 0.3 is 11.9 Å². The van der Waals surface area contributed by atoms with Gasteiger partial charge in [-0.05, 0) is 77.1 Å². The number of hydrogen-bond acceptors (Lipinski definition) is 14. The van der Waals surface area contributed by atoms with Crippen LogP contribution in [0.5, 0.6) is 17.2 Å². The molecule has 0 aliphatic heterocycles. The summed E-state index contributed by atoms with van der Waals surface area (Å²) in [6.07, 6.45) is 1.94. The third-order valence-corrected chi connectivity index (χ3v) is 10.1. The van der Waals surface area contributed by atoms with Crippen LogP contribution < -0.4 is 15.6 Å². The number of allylic oxidation sites excluding steroid dienone is 1. The number of fused-ring (bicyclic) bond motifs is 1. The van der Waals surface area contributed by atoms with Gasteiger partial charge in [0.15, 0.2) is 22.4 Å². The van der Waals surface area contributed by atoms with Gasteiger partial charge in [0, 0.05) is 46.5 Å². The summed E-state index contributed by atoms with van der Waals surface area (Å²) in [5.74, 6) is -2.73. The number of benzene rings is 5. The molecule has 14 nitrogen and oxygen atoms in total. The highest BCUT2D eigenvalue weighted by atomic mass is 16.5. The highest BCUT2D eigenvalue weighted by Gasteiger charge is 2.36. The standard InChI is InChI=1S/C40H41NO13/c1-18-13-23-22(5-4-6-26(48)53-11-9-42)38(50)32-24(46)14-20(16-44)29-30-21(17-45)15-25(47)33-35(30)36(31(23)34(29)32)37(40(52-3)39(33)51)28(18)19(2)41-8-7-27(49)54-12-10-43/h13-15,28,42-45,50-51H,4-12,16-17H2,1-3H3. The number of nitrogens with zero attached hydrogens (tertiary/aromatic N) is 1. The second-order valence-electron chi connectivity index (χ2n) is 13.3. The third-order valence-electron chi connectivity index (χ3n) is 10.1. The lowest BCUT2D eigenvalue weighted by molar-refractivity contribution is -0.145. The number of esters is 2. The van der Waals surface area contributed by atoms with Crippen LogP contribution >= 0.6 is 0 Å². The number of carbonyl (C=O) groups excluding carboxylic acids is 2. The van der Waals surface area contributed by atoms with Gasteiger partial charge < -0.3 is 44.8 Å². The van der Waals surface area contributed by atoms with Crippen LogP contribution in [-0.4, -0.2) is 88.4 Å². The molecule has 0 radical (unpaired) electrons. The predicted molar refractivity (Wildman–Crippen MR) is 201 cm³/mol. The van der Waals surface area contributed by atoms with E-state index in [1.165, 1.54) is 19.2 Å². The van der Waals surface area contributed by atoms with Gasteiger partial charge in [-0.25, -0.2) is 0 Å². The summed E-state index contributed by atoms with van der Waals surface area (Å²) in [5.41, 5.74) is 1.44. The molecular weight excluding hydrogens is 702 g/mol. The first-order valence-electron chi connectivity index (χ1n) is 17.5. The first-order valence-corrected chi connectivity index (χ1v) is 17.5. The van der Waals surface area contributed by atoms with E-state index in [-0.39, 0.29) is 103 Å². The molecule has 54 heavy (non-hydrogen) atoms. The maximum atomic E-state index is 14.0. The monoisotopic (exact) mass is 743 g/mol. The van der Waals surface area contributed by atoms with Crippen LogP contribution in [0.15, 0.2) is 32.3 Å². The SMILES string of the molecule is COc1c(O)c2c(=O)cc(CO)c3c4c(CO)cc(=O)c5c(O)c(CCCC(=O)OCCO)c6c(c(c1C(C(C)=NCCC(=O)OCCO)C(C)=C6)c23)c54. The number of phenols is 2. The number of aliphatic imine (C=N–C) groups is 1. The largest absolute Gasteiger partial charge is 0.507 e. The van der Waals surface area contributed by atoms with E-state index in [2.05, 4.69) is 0 Å². The second-order valence-corrected chi connectivity index (χ2v) is 13.3. The lowest BCUT2D eigenvalue weighted by atomic mass is 9.78. The molecule has 0 fully saturated rings. The van der Waals surface area contributed by atoms with Crippen molar-refractivity contribution in [1.29, 1.82) is 0 Å². The molecule has 1 aliphatic carbocycles. The fourth-order valence-electron chi connectivity index (χ4n) is 8.05. The van der Waals surface area contributed by atoms with Crippen molar-refractivity contribution in [3.63, 3.8) is 0 Å². The maximum Gasteiger partial charge on any atom is 0.307 e. The zero-order chi connectivity index (χ0) is 39.0. The summed E-state index contributed by atoms with van der Waals surface area (Å²) in [4.78, 5) is 57.2. The van der Waals surface area contributed by atoms with E-state index in [4.69, 9.17) is 29.4 Å². The van der Waals surface area contributed by atoms with Gasteiger partial charge in [-0.1, -0.05) is 11.6 Å². The van der Waals surface area contributed by atoms with Crippen LogP contribution in [0.2, 0.25) is 0 Å². The van der Waals surface area contributed by atoms with E-state index in [9.17, 15) is 39.6 Å². The predicted octanol–water partition coefficient (Wildman–Crippen LogP) is 3.05. The number of ether oxygens (including phenoxy) is 3. The third kappa shape index (κ3) is 6.24. The van der Waals surface area contributed by atoms with Crippen LogP contribution in [0.25, 0.3) is 49.2 Å². The quantitative estimate of drug-likeness (QED) is 0.0393. The molecule has 1 atom stereocenters. The number of phenolic OH excluding ortho intramolecular Hbond substituents is 2. The highest BCUT2D eigenvalue weighted by molar-refractivity contribution is 6.38. The molecular formula is C40H41NO13. The van der Waals surface area contributed by atoms with E-state index in [1.807, 2.05) is 13.0 Å². The zero-order valence-electron chi connectivity index (χ0n) is 30.1. The lowest BCUT2D eigenvalue weighted by Crippen LogP contribution is -2.16. The molecule has 0 heterocycles. The summed E-state index contributed by atoms with van der Waals surface area (Å²) < 4.78 is 15.9. The molecule has 284 valence electrons. The number of hydrogen-bond donors (Lipinski definition) is 6. The van der Waals surface area contributed by atoms with Gasteiger partial charge in [0.1, 0.15) is 19.0 Å². The Labute approximate surface area is 307 Å². The van der Waals surface area contributed by atoms with Gasteiger partial charge in [-0.3, -0.25) is 24.2 Å². The van der Waals surface area contributed by atoms with Crippen molar-refractivity contribution in [1.82, 2.24) is 0 Å². The van der Waals surface area contributed by atoms with Crippen molar-refractivity contribution in [2.24, 2.45) is 4.99 Å². The van der Waals surface area contributed by atoms with Crippen molar-refractivity contribution in [3.05, 3.63) is 66.0 Å². The summed E-state index contributed by atoms with van der Waals surface area (Å²) >= 11 is 0. The van der Waals surface area contributed by atoms with E-state index < -0.39 is 47.7 Å². The van der Waals surface area contributed by atoms with Crippen LogP contribution in [0.4, 0.5) is 0 Å². The molecule has 5 aromatic carbocycles. The smallest absolute Gasteiger partial charge is 0.307 e. The number of rotatable bonds is 15. The van der Waals surface area contributed by atoms with Crippen molar-refractivity contribution in [3.8, 4) is 17.2 Å². The Hall–Kier alpha value is -5.41. The fourth-order valence-corrected chi connectivity index (χ4v) is 8.05. The van der Waals surface area contributed by atoms with Crippen LogP contribution in [0.1, 0.15) is 66.8 Å². The van der Waals surface area contributed by atoms with Crippen molar-refractivity contribution >= 4 is 66.8 Å². The molecule has 0 bridgehead atoms. The number of carbonyl (C=O) groups is 2. The summed E-state index contributed by atoms with van der Waals surface area (Å²) in [6.45, 7) is 1.35. The molecule has 6 rings (SSSR count). The van der Waals surface area contributed by atoms with E-state index in [1.54, 1.807) is 6.92 Å². The molecule has 0 saturated heterocycles. The van der Waals surface area contributed by atoms with Crippen LogP contribution in [0.3, 0.4) is 0 Å². The van der Waals surface area contributed by atoms with E-state index in [0.717, 1.165) is 0 Å². The molecule has 5 aromatic rings. The molecule has 1 aliphatic rings. The lowest BCUT2D eigenvalue weighted by Gasteiger charge is -2.26. The number of aliphatic hydroxyl groups excluding tert-OH is 4. The molecule has 6 N–H and O–H groups in total. The second kappa shape index (κ2) is 15.5. The number of methoxy groups -OCH3 is 1. The summed E-state index contributed by atoms with van der Waals surface area (Å²) in [5, 5.41) is 65.2. The summed E-state index contributed by atoms with van der Waals surface area (Å²) in [6, 6.07) is 2.40. The minimum absolute atomic E-state index is 0.0134. The van der Waals surface area contributed by atoms with Gasteiger partial charge in [0.05, 0.1) is 50.7 Å². The van der Waals surface area contributed by atoms with Gasteiger partial charge in [-0.15, -0.1) is 0 Å². The van der Waals surface area contributed by atoms with Crippen LogP contribution in [-0.2, 0) is 38.7 Å². The molecule has 0 amide bonds. The Balaban J connectivity index is 1.80. The van der Waals surface area contributed by atoms with Crippen LogP contribution in [0, 0.1) is 0 Å². The Kier molecular flexibility index (Phi) is 11.0. The van der Waals surface area contributed by atoms with Gasteiger partial charge in [0.2, 0.25) is 0 Å². The molecule has 0 aromatic heterocycles. The summed E-state index contributed by atoms with van der Waals surface area (Å²) in [7, 11) is 1.34. The normalized spacial score (nSPS) is 14.4. The number of aromatic hydroxyl groups is 2. The van der Waals surface area contributed by atoms with Crippen molar-refractivity contribution < 1.29 is 54.4 Å². The Morgan fingerprint density at radius 2 is 1.31 bits per heavy atom. The van der Waals surface area contributed by atoms with Crippen molar-refractivity contribution in [2.75, 3.05) is 40.1 Å². The Morgan fingerprint density at radius 3 is 1.87 bits per heavy atom. The van der Waals surface area contributed by atoms with Gasteiger partial charge in [0.25, 0.3) is 0 Å². The number of aliphatic hydroxyl groups is 4. The molecule has 14 heteroatoms. The average molecular weight is 744 g/mol. The van der Waals surface area contributed by atoms with Gasteiger partial charge in [-0.2, -0.15) is 0 Å². The topological polar surface area (TPSA) is 230 Å². The minimum Gasteiger partial charge on any atom is -0.507 e. The average Bonchev–Trinajstić information content (AvgIpc) is 3.28. The van der Waals surface area contributed by atoms with Crippen molar-refractivity contribution in [2.45, 2.75) is 58.7 Å². The Morgan fingerprint density at radius 1 is 0.759 bits per heavy atom. The molecule has 0 spiro atoms. The first kappa shape index (κ1) is 38.3. The zero-order valence-corrected chi connectivity index (χ0v) is 30.1. The Bertz CT molecular complexity index is 2490. The highest BCUT2D eigenvalue weighted by Crippen LogP contribution is 2.56. The maximum absolute atomic E-state index is 14.0. The first-order chi connectivity index (χ1) is 25.9. The molecule has 0 saturated carbocycles. The van der Waals surface area contributed by atoms with E-state index >= 15 is 0 Å². The molecule has 1 unspecified atom stereocenters. The minimum atomic E-state index is -0.764. The van der Waals surface area contributed by atoms with E-state index in [0.29, 0.717) is 49.5 Å². The fraction of sp³-hybridized carbons (Fsp3) is 0.375.